The first-order chi connectivity index (χ1) is 14.1. The quantitative estimate of drug-likeness (QED) is 0.714. The van der Waals surface area contributed by atoms with Crippen molar-refractivity contribution in [3.63, 3.8) is 0 Å². The van der Waals surface area contributed by atoms with Gasteiger partial charge >= 0.3 is 6.03 Å². The maximum Gasteiger partial charge on any atom is 0.317 e. The third-order valence-corrected chi connectivity index (χ3v) is 5.22. The van der Waals surface area contributed by atoms with Crippen LogP contribution in [0.25, 0.3) is 16.7 Å². The predicted molar refractivity (Wildman–Crippen MR) is 114 cm³/mol. The Bertz CT molecular complexity index is 1030. The number of aryl methyl sites for hydroxylation is 1. The van der Waals surface area contributed by atoms with Crippen LogP contribution < -0.4 is 10.2 Å². The standard InChI is InChI=1S/C20H24ClN7O/c1-3-22-20(29)27-9-5-8-26(10-11-27)18-17-13-23-28(19(17)25-14(2)24-18)16-7-4-6-15(21)12-16/h4,6-7,12-13H,3,5,8-11H2,1-2H3,(H,22,29). The highest BCUT2D eigenvalue weighted by molar-refractivity contribution is 6.30. The lowest BCUT2D eigenvalue weighted by Gasteiger charge is -2.23. The third kappa shape index (κ3) is 3.98. The fourth-order valence-corrected chi connectivity index (χ4v) is 3.82. The molecule has 1 N–H and O–H groups in total. The van der Waals surface area contributed by atoms with Crippen molar-refractivity contribution in [1.29, 1.82) is 0 Å². The molecule has 1 fully saturated rings. The number of nitrogens with zero attached hydrogens (tertiary/aromatic N) is 6. The molecule has 3 heterocycles. The minimum Gasteiger partial charge on any atom is -0.354 e. The van der Waals surface area contributed by atoms with Crippen molar-refractivity contribution in [2.75, 3.05) is 37.6 Å². The monoisotopic (exact) mass is 413 g/mol. The molecule has 0 aliphatic carbocycles. The number of urea groups is 1. The topological polar surface area (TPSA) is 79.2 Å². The number of hydrogen-bond donors (Lipinski definition) is 1. The van der Waals surface area contributed by atoms with Crippen LogP contribution in [0.1, 0.15) is 19.2 Å². The lowest BCUT2D eigenvalue weighted by molar-refractivity contribution is 0.202. The maximum atomic E-state index is 12.2. The fourth-order valence-electron chi connectivity index (χ4n) is 3.63. The molecule has 2 amide bonds. The molecule has 29 heavy (non-hydrogen) atoms. The summed E-state index contributed by atoms with van der Waals surface area (Å²) in [6.07, 6.45) is 2.68. The minimum absolute atomic E-state index is 0.00728. The van der Waals surface area contributed by atoms with Gasteiger partial charge < -0.3 is 15.1 Å². The van der Waals surface area contributed by atoms with E-state index in [1.807, 2.05) is 43.0 Å². The number of rotatable bonds is 3. The molecule has 8 nitrogen and oxygen atoms in total. The largest absolute Gasteiger partial charge is 0.354 e. The number of carbonyl (C=O) groups is 1. The Balaban J connectivity index is 1.67. The van der Waals surface area contributed by atoms with Gasteiger partial charge in [0.1, 0.15) is 11.6 Å². The van der Waals surface area contributed by atoms with Gasteiger partial charge in [-0.3, -0.25) is 0 Å². The van der Waals surface area contributed by atoms with E-state index in [-0.39, 0.29) is 6.03 Å². The van der Waals surface area contributed by atoms with Crippen LogP contribution in [0.4, 0.5) is 10.6 Å². The first kappa shape index (κ1) is 19.4. The molecule has 1 aromatic carbocycles. The third-order valence-electron chi connectivity index (χ3n) is 4.98. The lowest BCUT2D eigenvalue weighted by Crippen LogP contribution is -2.42. The van der Waals surface area contributed by atoms with Crippen LogP contribution in [0, 0.1) is 6.92 Å². The van der Waals surface area contributed by atoms with Crippen LogP contribution in [-0.2, 0) is 0 Å². The first-order valence-corrected chi connectivity index (χ1v) is 10.2. The van der Waals surface area contributed by atoms with Crippen LogP contribution in [0.15, 0.2) is 30.5 Å². The van der Waals surface area contributed by atoms with E-state index in [4.69, 9.17) is 16.6 Å². The number of amides is 2. The average molecular weight is 414 g/mol. The Hall–Kier alpha value is -2.87. The highest BCUT2D eigenvalue weighted by Gasteiger charge is 2.22. The number of nitrogens with one attached hydrogen (secondary N) is 1. The van der Waals surface area contributed by atoms with Crippen molar-refractivity contribution < 1.29 is 4.79 Å². The van der Waals surface area contributed by atoms with Gasteiger partial charge in [-0.2, -0.15) is 5.10 Å². The number of anilines is 1. The second kappa shape index (κ2) is 8.24. The van der Waals surface area contributed by atoms with Crippen LogP contribution >= 0.6 is 11.6 Å². The highest BCUT2D eigenvalue weighted by atomic mass is 35.5. The molecular formula is C20H24ClN7O. The fraction of sp³-hybridized carbons (Fsp3) is 0.400. The number of halogens is 1. The second-order valence-electron chi connectivity index (χ2n) is 7.03. The zero-order valence-electron chi connectivity index (χ0n) is 16.6. The molecule has 0 spiro atoms. The summed E-state index contributed by atoms with van der Waals surface area (Å²) in [6.45, 7) is 7.37. The first-order valence-electron chi connectivity index (χ1n) is 9.83. The summed E-state index contributed by atoms with van der Waals surface area (Å²) >= 11 is 6.16. The predicted octanol–water partition coefficient (Wildman–Crippen LogP) is 3.02. The van der Waals surface area contributed by atoms with Crippen LogP contribution in [0.2, 0.25) is 5.02 Å². The molecule has 1 aliphatic heterocycles. The van der Waals surface area contributed by atoms with Gasteiger partial charge in [-0.25, -0.2) is 19.4 Å². The van der Waals surface area contributed by atoms with Crippen LogP contribution in [0.3, 0.4) is 0 Å². The van der Waals surface area contributed by atoms with Gasteiger partial charge in [0.2, 0.25) is 0 Å². The van der Waals surface area contributed by atoms with E-state index in [1.165, 1.54) is 0 Å². The van der Waals surface area contributed by atoms with Gasteiger partial charge in [0.05, 0.1) is 17.3 Å². The van der Waals surface area contributed by atoms with Crippen molar-refractivity contribution in [3.05, 3.63) is 41.3 Å². The van der Waals surface area contributed by atoms with E-state index >= 15 is 0 Å². The van der Waals surface area contributed by atoms with Gasteiger partial charge in [-0.05, 0) is 38.5 Å². The van der Waals surface area contributed by atoms with Gasteiger partial charge in [-0.1, -0.05) is 17.7 Å². The van der Waals surface area contributed by atoms with Gasteiger partial charge in [-0.15, -0.1) is 0 Å². The number of aromatic nitrogens is 4. The van der Waals surface area contributed by atoms with Gasteiger partial charge in [0, 0.05) is 37.7 Å². The second-order valence-corrected chi connectivity index (χ2v) is 7.47. The zero-order chi connectivity index (χ0) is 20.4. The average Bonchev–Trinajstić information content (AvgIpc) is 2.96. The van der Waals surface area contributed by atoms with Gasteiger partial charge in [0.15, 0.2) is 5.65 Å². The molecule has 0 radical (unpaired) electrons. The Morgan fingerprint density at radius 2 is 2.07 bits per heavy atom. The van der Waals surface area contributed by atoms with Gasteiger partial charge in [0.25, 0.3) is 0 Å². The maximum absolute atomic E-state index is 12.2. The Kier molecular flexibility index (Phi) is 5.53. The molecule has 0 atom stereocenters. The van der Waals surface area contributed by atoms with E-state index in [2.05, 4.69) is 20.3 Å². The van der Waals surface area contributed by atoms with Crippen molar-refractivity contribution in [2.45, 2.75) is 20.3 Å². The molecular weight excluding hydrogens is 390 g/mol. The van der Waals surface area contributed by atoms with E-state index in [1.54, 1.807) is 10.9 Å². The summed E-state index contributed by atoms with van der Waals surface area (Å²) in [5.74, 6) is 1.54. The number of hydrogen-bond acceptors (Lipinski definition) is 5. The molecule has 1 aliphatic rings. The van der Waals surface area contributed by atoms with Crippen LogP contribution in [0.5, 0.6) is 0 Å². The summed E-state index contributed by atoms with van der Waals surface area (Å²) in [5, 5.41) is 8.97. The summed E-state index contributed by atoms with van der Waals surface area (Å²) in [6, 6.07) is 7.53. The molecule has 0 saturated carbocycles. The molecule has 0 unspecified atom stereocenters. The van der Waals surface area contributed by atoms with Crippen molar-refractivity contribution >= 4 is 34.5 Å². The van der Waals surface area contributed by atoms with Crippen molar-refractivity contribution in [3.8, 4) is 5.69 Å². The van der Waals surface area contributed by atoms with E-state index < -0.39 is 0 Å². The minimum atomic E-state index is -0.00728. The Morgan fingerprint density at radius 3 is 2.86 bits per heavy atom. The van der Waals surface area contributed by atoms with Crippen molar-refractivity contribution in [1.82, 2.24) is 30.0 Å². The van der Waals surface area contributed by atoms with E-state index in [0.29, 0.717) is 30.5 Å². The summed E-state index contributed by atoms with van der Waals surface area (Å²) in [5.41, 5.74) is 1.61. The molecule has 1 saturated heterocycles. The summed E-state index contributed by atoms with van der Waals surface area (Å²) < 4.78 is 1.79. The molecule has 152 valence electrons. The highest BCUT2D eigenvalue weighted by Crippen LogP contribution is 2.27. The van der Waals surface area contributed by atoms with E-state index in [9.17, 15) is 4.79 Å². The molecule has 4 rings (SSSR count). The normalized spacial score (nSPS) is 14.9. The molecule has 3 aromatic rings. The van der Waals surface area contributed by atoms with E-state index in [0.717, 1.165) is 42.0 Å². The number of carbonyl (C=O) groups excluding carboxylic acids is 1. The smallest absolute Gasteiger partial charge is 0.317 e. The lowest BCUT2D eigenvalue weighted by atomic mass is 10.3. The zero-order valence-corrected chi connectivity index (χ0v) is 17.4. The Labute approximate surface area is 174 Å². The number of fused-ring (bicyclic) bond motifs is 1. The van der Waals surface area contributed by atoms with Crippen molar-refractivity contribution in [2.24, 2.45) is 0 Å². The Morgan fingerprint density at radius 1 is 1.21 bits per heavy atom. The molecule has 9 heteroatoms. The molecule has 0 bridgehead atoms. The summed E-state index contributed by atoms with van der Waals surface area (Å²) in [4.78, 5) is 25.6. The summed E-state index contributed by atoms with van der Waals surface area (Å²) in [7, 11) is 0. The van der Waals surface area contributed by atoms with Crippen LogP contribution in [-0.4, -0.2) is 63.4 Å². The molecule has 2 aromatic heterocycles. The SMILES string of the molecule is CCNC(=O)N1CCCN(c2nc(C)nc3c2cnn3-c2cccc(Cl)c2)CC1. The number of benzene rings is 1.